The molecule has 0 spiro atoms. The Kier molecular flexibility index (Phi) is 10.0. The van der Waals surface area contributed by atoms with Crippen LogP contribution < -0.4 is 14.4 Å². The number of nitro groups is 1. The third-order valence-electron chi connectivity index (χ3n) is 6.03. The van der Waals surface area contributed by atoms with Crippen LogP contribution >= 0.6 is 0 Å². The van der Waals surface area contributed by atoms with Crippen molar-refractivity contribution < 1.29 is 27.7 Å². The Morgan fingerprint density at radius 1 is 1.14 bits per heavy atom. The molecule has 0 fully saturated rings. The van der Waals surface area contributed by atoms with Crippen LogP contribution in [0.2, 0.25) is 0 Å². The second-order valence-electron chi connectivity index (χ2n) is 8.86. The molecule has 12 heteroatoms. The van der Waals surface area contributed by atoms with Gasteiger partial charge in [-0.3, -0.25) is 24.0 Å². The van der Waals surface area contributed by atoms with Crippen molar-refractivity contribution in [3.63, 3.8) is 0 Å². The molecule has 0 aliphatic heterocycles. The molecule has 37 heavy (non-hydrogen) atoms. The molecule has 11 nitrogen and oxygen atoms in total. The zero-order valence-corrected chi connectivity index (χ0v) is 22.7. The van der Waals surface area contributed by atoms with Crippen molar-refractivity contribution in [2.75, 3.05) is 24.2 Å². The fourth-order valence-corrected chi connectivity index (χ4v) is 4.45. The van der Waals surface area contributed by atoms with E-state index < -0.39 is 33.4 Å². The van der Waals surface area contributed by atoms with Crippen LogP contribution in [0.4, 0.5) is 11.4 Å². The van der Waals surface area contributed by atoms with Gasteiger partial charge in [0.15, 0.2) is 0 Å². The second-order valence-corrected chi connectivity index (χ2v) is 10.8. The van der Waals surface area contributed by atoms with Gasteiger partial charge in [0, 0.05) is 24.7 Å². The van der Waals surface area contributed by atoms with Crippen LogP contribution in [0.3, 0.4) is 0 Å². The number of carbonyl (C=O) groups is 2. The number of benzene rings is 2. The lowest BCUT2D eigenvalue weighted by Gasteiger charge is -2.32. The van der Waals surface area contributed by atoms with Crippen LogP contribution in [0.1, 0.15) is 38.3 Å². The van der Waals surface area contributed by atoms with Crippen LogP contribution in [0.15, 0.2) is 42.5 Å². The maximum Gasteiger partial charge on any atom is 0.271 e. The minimum absolute atomic E-state index is 0.0196. The minimum Gasteiger partial charge on any atom is -0.497 e. The van der Waals surface area contributed by atoms with Gasteiger partial charge in [0.1, 0.15) is 18.3 Å². The average Bonchev–Trinajstić information content (AvgIpc) is 2.85. The zero-order chi connectivity index (χ0) is 27.9. The predicted octanol–water partition coefficient (Wildman–Crippen LogP) is 3.01. The van der Waals surface area contributed by atoms with Crippen molar-refractivity contribution >= 4 is 33.2 Å². The number of rotatable bonds is 12. The number of ether oxygens (including phenoxy) is 1. The topological polar surface area (TPSA) is 139 Å². The molecule has 0 unspecified atom stereocenters. The molecule has 0 bridgehead atoms. The number of hydrogen-bond donors (Lipinski definition) is 1. The van der Waals surface area contributed by atoms with Crippen molar-refractivity contribution in [1.29, 1.82) is 0 Å². The molecule has 1 N–H and O–H groups in total. The number of nitrogens with zero attached hydrogens (tertiary/aromatic N) is 3. The van der Waals surface area contributed by atoms with Crippen molar-refractivity contribution in [2.45, 2.75) is 52.7 Å². The molecular formula is C25H34N4O7S. The number of carbonyl (C=O) groups excluding carboxylic acids is 2. The number of hydrogen-bond acceptors (Lipinski definition) is 7. The van der Waals surface area contributed by atoms with Crippen LogP contribution in [-0.4, -0.2) is 62.0 Å². The predicted molar refractivity (Wildman–Crippen MR) is 141 cm³/mol. The van der Waals surface area contributed by atoms with E-state index in [-0.39, 0.29) is 29.9 Å². The molecule has 0 aliphatic rings. The summed E-state index contributed by atoms with van der Waals surface area (Å²) < 4.78 is 31.5. The van der Waals surface area contributed by atoms with Gasteiger partial charge in [0.2, 0.25) is 21.8 Å². The summed E-state index contributed by atoms with van der Waals surface area (Å²) in [5.74, 6) is -0.402. The van der Waals surface area contributed by atoms with Crippen molar-refractivity contribution in [3.05, 3.63) is 63.7 Å². The SMILES string of the molecule is CC[C@H](C)NC(=O)[C@H](C)N(Cc1ccc(OC)cc1)C(=O)CN(c1cc([N+](=O)[O-])ccc1C)S(C)(=O)=O. The van der Waals surface area contributed by atoms with E-state index in [1.807, 2.05) is 13.8 Å². The monoisotopic (exact) mass is 534 g/mol. The van der Waals surface area contributed by atoms with E-state index in [9.17, 15) is 28.1 Å². The van der Waals surface area contributed by atoms with Crippen LogP contribution in [-0.2, 0) is 26.2 Å². The number of nitro benzene ring substituents is 1. The Morgan fingerprint density at radius 3 is 2.27 bits per heavy atom. The maximum absolute atomic E-state index is 13.6. The molecule has 2 aromatic rings. The molecule has 0 aliphatic carbocycles. The first-order valence-corrected chi connectivity index (χ1v) is 13.6. The first kappa shape index (κ1) is 29.6. The van der Waals surface area contributed by atoms with E-state index in [4.69, 9.17) is 4.74 Å². The Bertz CT molecular complexity index is 1230. The van der Waals surface area contributed by atoms with Crippen LogP contribution in [0.5, 0.6) is 5.75 Å². The minimum atomic E-state index is -4.02. The molecule has 2 amide bonds. The van der Waals surface area contributed by atoms with E-state index in [1.54, 1.807) is 38.1 Å². The highest BCUT2D eigenvalue weighted by atomic mass is 32.2. The number of sulfonamides is 1. The van der Waals surface area contributed by atoms with Crippen LogP contribution in [0.25, 0.3) is 0 Å². The number of aryl methyl sites for hydroxylation is 1. The number of anilines is 1. The summed E-state index contributed by atoms with van der Waals surface area (Å²) in [5, 5.41) is 14.2. The molecule has 2 aromatic carbocycles. The number of methoxy groups -OCH3 is 1. The number of nitrogens with one attached hydrogen (secondary N) is 1. The lowest BCUT2D eigenvalue weighted by Crippen LogP contribution is -2.52. The summed E-state index contributed by atoms with van der Waals surface area (Å²) in [7, 11) is -2.49. The maximum atomic E-state index is 13.6. The molecule has 0 saturated heterocycles. The fourth-order valence-electron chi connectivity index (χ4n) is 3.55. The standard InChI is InChI=1S/C25H34N4O7S/c1-7-18(3)26-25(31)19(4)27(15-20-9-12-22(36-5)13-10-20)24(30)16-28(37(6,34)35)23-14-21(29(32)33)11-8-17(23)2/h8-14,18-19H,7,15-16H2,1-6H3,(H,26,31)/t18-,19-/m0/s1. The first-order chi connectivity index (χ1) is 17.3. The lowest BCUT2D eigenvalue weighted by molar-refractivity contribution is -0.384. The molecule has 202 valence electrons. The summed E-state index contributed by atoms with van der Waals surface area (Å²) in [6.45, 7) is 6.32. The van der Waals surface area contributed by atoms with Gasteiger partial charge in [-0.2, -0.15) is 0 Å². The van der Waals surface area contributed by atoms with Gasteiger partial charge >= 0.3 is 0 Å². The molecule has 0 aromatic heterocycles. The zero-order valence-electron chi connectivity index (χ0n) is 21.9. The summed E-state index contributed by atoms with van der Waals surface area (Å²) in [6, 6.07) is 9.70. The molecule has 2 rings (SSSR count). The van der Waals surface area contributed by atoms with Gasteiger partial charge in [0.25, 0.3) is 5.69 Å². The van der Waals surface area contributed by atoms with Gasteiger partial charge in [0.05, 0.1) is 24.0 Å². The smallest absolute Gasteiger partial charge is 0.271 e. The Morgan fingerprint density at radius 2 is 1.76 bits per heavy atom. The van der Waals surface area contributed by atoms with Crippen molar-refractivity contribution in [2.24, 2.45) is 0 Å². The van der Waals surface area contributed by atoms with Gasteiger partial charge in [-0.1, -0.05) is 25.1 Å². The fraction of sp³-hybridized carbons (Fsp3) is 0.440. The second kappa shape index (κ2) is 12.5. The lowest BCUT2D eigenvalue weighted by atomic mass is 10.1. The molecule has 0 radical (unpaired) electrons. The largest absolute Gasteiger partial charge is 0.497 e. The summed E-state index contributed by atoms with van der Waals surface area (Å²) in [5.41, 5.74) is 0.854. The highest BCUT2D eigenvalue weighted by Crippen LogP contribution is 2.28. The van der Waals surface area contributed by atoms with Gasteiger partial charge in [-0.15, -0.1) is 0 Å². The van der Waals surface area contributed by atoms with Gasteiger partial charge < -0.3 is 15.0 Å². The molecular weight excluding hydrogens is 500 g/mol. The summed E-state index contributed by atoms with van der Waals surface area (Å²) >= 11 is 0. The summed E-state index contributed by atoms with van der Waals surface area (Å²) in [4.78, 5) is 38.5. The Labute approximate surface area is 217 Å². The highest BCUT2D eigenvalue weighted by Gasteiger charge is 2.31. The van der Waals surface area contributed by atoms with E-state index in [1.165, 1.54) is 24.1 Å². The van der Waals surface area contributed by atoms with Crippen molar-refractivity contribution in [1.82, 2.24) is 10.2 Å². The number of non-ortho nitro benzene ring substituents is 1. The number of amides is 2. The van der Waals surface area contributed by atoms with E-state index in [2.05, 4.69) is 5.32 Å². The normalized spacial score (nSPS) is 12.8. The Balaban J connectivity index is 2.47. The molecule has 2 atom stereocenters. The molecule has 0 saturated carbocycles. The van der Waals surface area contributed by atoms with Gasteiger partial charge in [-0.05, 0) is 50.5 Å². The summed E-state index contributed by atoms with van der Waals surface area (Å²) in [6.07, 6.45) is 1.62. The Hall–Kier alpha value is -3.67. The van der Waals surface area contributed by atoms with Crippen LogP contribution in [0, 0.1) is 17.0 Å². The first-order valence-electron chi connectivity index (χ1n) is 11.7. The quantitative estimate of drug-likeness (QED) is 0.326. The third-order valence-corrected chi connectivity index (χ3v) is 7.16. The highest BCUT2D eigenvalue weighted by molar-refractivity contribution is 7.92. The molecule has 0 heterocycles. The van der Waals surface area contributed by atoms with E-state index >= 15 is 0 Å². The van der Waals surface area contributed by atoms with E-state index in [0.717, 1.165) is 16.6 Å². The van der Waals surface area contributed by atoms with E-state index in [0.29, 0.717) is 23.3 Å². The third kappa shape index (κ3) is 7.91. The van der Waals surface area contributed by atoms with Crippen molar-refractivity contribution in [3.8, 4) is 5.75 Å². The van der Waals surface area contributed by atoms with Gasteiger partial charge in [-0.25, -0.2) is 8.42 Å². The average molecular weight is 535 g/mol.